The summed E-state index contributed by atoms with van der Waals surface area (Å²) >= 11 is 0. The van der Waals surface area contributed by atoms with Crippen LogP contribution < -0.4 is 4.57 Å². The van der Waals surface area contributed by atoms with Crippen molar-refractivity contribution in [1.82, 2.24) is 4.98 Å². The summed E-state index contributed by atoms with van der Waals surface area (Å²) in [7, 11) is 2.11. The smallest absolute Gasteiger partial charge is 0.213 e. The lowest BCUT2D eigenvalue weighted by atomic mass is 10.0. The standard InChI is InChI=1S/C19H19N2/c1-14-8-4-5-9-17(14)19-13-16(12-15(2)21(19)3)18-10-6-7-11-20-18/h4-13H,1-3H3/q+1. The molecule has 3 rings (SSSR count). The molecule has 0 aliphatic heterocycles. The number of hydrogen-bond acceptors (Lipinski definition) is 1. The van der Waals surface area contributed by atoms with Gasteiger partial charge in [0.25, 0.3) is 0 Å². The quantitative estimate of drug-likeness (QED) is 0.649. The monoisotopic (exact) mass is 275 g/mol. The van der Waals surface area contributed by atoms with Crippen LogP contribution in [0, 0.1) is 13.8 Å². The van der Waals surface area contributed by atoms with E-state index in [9.17, 15) is 0 Å². The molecule has 21 heavy (non-hydrogen) atoms. The van der Waals surface area contributed by atoms with E-state index in [0.717, 1.165) is 11.3 Å². The molecule has 0 N–H and O–H groups in total. The molecule has 2 heterocycles. The lowest BCUT2D eigenvalue weighted by Gasteiger charge is -2.08. The third-order valence-electron chi connectivity index (χ3n) is 3.93. The summed E-state index contributed by atoms with van der Waals surface area (Å²) in [5, 5.41) is 0. The Hall–Kier alpha value is -2.48. The Morgan fingerprint density at radius 2 is 1.67 bits per heavy atom. The molecule has 3 aromatic rings. The van der Waals surface area contributed by atoms with Crippen LogP contribution in [0.4, 0.5) is 0 Å². The number of benzene rings is 1. The highest BCUT2D eigenvalue weighted by Crippen LogP contribution is 2.25. The van der Waals surface area contributed by atoms with E-state index >= 15 is 0 Å². The van der Waals surface area contributed by atoms with E-state index in [1.165, 1.54) is 22.5 Å². The number of nitrogens with zero attached hydrogens (tertiary/aromatic N) is 2. The molecule has 2 aromatic heterocycles. The summed E-state index contributed by atoms with van der Waals surface area (Å²) < 4.78 is 2.23. The Kier molecular flexibility index (Phi) is 3.53. The Morgan fingerprint density at radius 3 is 2.38 bits per heavy atom. The van der Waals surface area contributed by atoms with Crippen molar-refractivity contribution in [2.24, 2.45) is 7.05 Å². The first-order valence-corrected chi connectivity index (χ1v) is 7.15. The molecular weight excluding hydrogens is 256 g/mol. The van der Waals surface area contributed by atoms with Crippen molar-refractivity contribution in [3.63, 3.8) is 0 Å². The lowest BCUT2D eigenvalue weighted by Crippen LogP contribution is -2.34. The molecule has 0 unspecified atom stereocenters. The van der Waals surface area contributed by atoms with Crippen LogP contribution in [0.15, 0.2) is 60.8 Å². The minimum Gasteiger partial charge on any atom is -0.256 e. The fourth-order valence-electron chi connectivity index (χ4n) is 2.60. The maximum Gasteiger partial charge on any atom is 0.213 e. The van der Waals surface area contributed by atoms with Gasteiger partial charge in [0.15, 0.2) is 5.69 Å². The molecule has 2 nitrogen and oxygen atoms in total. The highest BCUT2D eigenvalue weighted by molar-refractivity contribution is 5.68. The van der Waals surface area contributed by atoms with Crippen LogP contribution in [-0.2, 0) is 7.05 Å². The number of aryl methyl sites for hydroxylation is 2. The molecule has 104 valence electrons. The van der Waals surface area contributed by atoms with Gasteiger partial charge in [-0.15, -0.1) is 0 Å². The zero-order chi connectivity index (χ0) is 14.8. The van der Waals surface area contributed by atoms with E-state index < -0.39 is 0 Å². The summed E-state index contributed by atoms with van der Waals surface area (Å²) in [6.07, 6.45) is 1.84. The summed E-state index contributed by atoms with van der Waals surface area (Å²) in [6.45, 7) is 4.28. The normalized spacial score (nSPS) is 10.6. The number of hydrogen-bond donors (Lipinski definition) is 0. The average molecular weight is 275 g/mol. The largest absolute Gasteiger partial charge is 0.256 e. The summed E-state index contributed by atoms with van der Waals surface area (Å²) in [5.41, 5.74) is 7.15. The van der Waals surface area contributed by atoms with Crippen LogP contribution in [0.25, 0.3) is 22.5 Å². The second-order valence-corrected chi connectivity index (χ2v) is 5.36. The molecule has 0 fully saturated rings. The van der Waals surface area contributed by atoms with Gasteiger partial charge >= 0.3 is 0 Å². The van der Waals surface area contributed by atoms with Crippen molar-refractivity contribution in [3.05, 3.63) is 72.1 Å². The zero-order valence-electron chi connectivity index (χ0n) is 12.7. The van der Waals surface area contributed by atoms with Crippen molar-refractivity contribution in [1.29, 1.82) is 0 Å². The number of rotatable bonds is 2. The summed E-state index contributed by atoms with van der Waals surface area (Å²) in [5.74, 6) is 0. The van der Waals surface area contributed by atoms with E-state index in [0.29, 0.717) is 0 Å². The Morgan fingerprint density at radius 1 is 0.905 bits per heavy atom. The van der Waals surface area contributed by atoms with Gasteiger partial charge in [0.2, 0.25) is 5.69 Å². The number of aromatic nitrogens is 2. The molecule has 0 saturated heterocycles. The highest BCUT2D eigenvalue weighted by atomic mass is 14.9. The van der Waals surface area contributed by atoms with Crippen LogP contribution >= 0.6 is 0 Å². The van der Waals surface area contributed by atoms with Gasteiger partial charge in [-0.05, 0) is 30.7 Å². The molecule has 0 spiro atoms. The summed E-state index contributed by atoms with van der Waals surface area (Å²) in [6, 6.07) is 18.9. The first-order valence-electron chi connectivity index (χ1n) is 7.15. The fraction of sp³-hybridized carbons (Fsp3) is 0.158. The Bertz CT molecular complexity index is 777. The van der Waals surface area contributed by atoms with Crippen molar-refractivity contribution in [2.75, 3.05) is 0 Å². The van der Waals surface area contributed by atoms with Gasteiger partial charge in [-0.3, -0.25) is 4.98 Å². The topological polar surface area (TPSA) is 16.8 Å². The predicted molar refractivity (Wildman–Crippen MR) is 85.8 cm³/mol. The third kappa shape index (κ3) is 2.57. The van der Waals surface area contributed by atoms with Crippen molar-refractivity contribution in [3.8, 4) is 22.5 Å². The molecule has 0 bridgehead atoms. The van der Waals surface area contributed by atoms with Crippen molar-refractivity contribution < 1.29 is 4.57 Å². The van der Waals surface area contributed by atoms with Gasteiger partial charge in [-0.1, -0.05) is 24.3 Å². The molecule has 0 atom stereocenters. The highest BCUT2D eigenvalue weighted by Gasteiger charge is 2.16. The maximum absolute atomic E-state index is 4.47. The van der Waals surface area contributed by atoms with Gasteiger partial charge in [0.05, 0.1) is 5.69 Å². The van der Waals surface area contributed by atoms with Crippen LogP contribution in [0.1, 0.15) is 11.3 Å². The van der Waals surface area contributed by atoms with Crippen LogP contribution in [0.3, 0.4) is 0 Å². The molecule has 2 heteroatoms. The van der Waals surface area contributed by atoms with Crippen molar-refractivity contribution >= 4 is 0 Å². The maximum atomic E-state index is 4.47. The van der Waals surface area contributed by atoms with Crippen molar-refractivity contribution in [2.45, 2.75) is 13.8 Å². The van der Waals surface area contributed by atoms with Crippen LogP contribution in [0.2, 0.25) is 0 Å². The van der Waals surface area contributed by atoms with E-state index in [4.69, 9.17) is 0 Å². The molecule has 0 amide bonds. The van der Waals surface area contributed by atoms with E-state index in [1.54, 1.807) is 0 Å². The van der Waals surface area contributed by atoms with Gasteiger partial charge in [-0.2, -0.15) is 4.57 Å². The summed E-state index contributed by atoms with van der Waals surface area (Å²) in [4.78, 5) is 4.47. The molecule has 0 aliphatic carbocycles. The Labute approximate surface area is 125 Å². The second-order valence-electron chi connectivity index (χ2n) is 5.36. The van der Waals surface area contributed by atoms with Crippen LogP contribution in [0.5, 0.6) is 0 Å². The van der Waals surface area contributed by atoms with E-state index in [2.05, 4.69) is 72.9 Å². The Balaban J connectivity index is 2.22. The van der Waals surface area contributed by atoms with Gasteiger partial charge in [0, 0.05) is 36.4 Å². The zero-order valence-corrected chi connectivity index (χ0v) is 12.7. The average Bonchev–Trinajstić information content (AvgIpc) is 2.51. The van der Waals surface area contributed by atoms with Crippen LogP contribution in [-0.4, -0.2) is 4.98 Å². The molecule has 1 aromatic carbocycles. The molecule has 0 aliphatic rings. The third-order valence-corrected chi connectivity index (χ3v) is 3.93. The van der Waals surface area contributed by atoms with Gasteiger partial charge in [0.1, 0.15) is 7.05 Å². The lowest BCUT2D eigenvalue weighted by molar-refractivity contribution is -0.666. The van der Waals surface area contributed by atoms with E-state index in [-0.39, 0.29) is 0 Å². The first kappa shape index (κ1) is 13.5. The second kappa shape index (κ2) is 5.49. The first-order chi connectivity index (χ1) is 10.2. The van der Waals surface area contributed by atoms with Gasteiger partial charge in [-0.25, -0.2) is 0 Å². The van der Waals surface area contributed by atoms with E-state index in [1.807, 2.05) is 18.3 Å². The predicted octanol–water partition coefficient (Wildman–Crippen LogP) is 3.86. The number of pyridine rings is 2. The molecular formula is C19H19N2+. The molecule has 0 saturated carbocycles. The SMILES string of the molecule is Cc1ccccc1-c1cc(-c2ccccn2)cc(C)[n+]1C. The van der Waals surface area contributed by atoms with Gasteiger partial charge < -0.3 is 0 Å². The fourth-order valence-corrected chi connectivity index (χ4v) is 2.60. The molecule has 0 radical (unpaired) electrons. The minimum atomic E-state index is 1.01. The minimum absolute atomic E-state index is 1.01.